The lowest BCUT2D eigenvalue weighted by atomic mass is 10.2. The standard InChI is InChI=1S/C5H2F7/c6-2(7)1-5(11,12)3(8)4(9)10/h1H2. The zero-order chi connectivity index (χ0) is 9.94. The van der Waals surface area contributed by atoms with Crippen LogP contribution in [0.25, 0.3) is 0 Å². The van der Waals surface area contributed by atoms with Gasteiger partial charge in [0, 0.05) is 0 Å². The molecule has 0 aromatic rings. The Kier molecular flexibility index (Phi) is 3.54. The van der Waals surface area contributed by atoms with Gasteiger partial charge in [-0.1, -0.05) is 0 Å². The van der Waals surface area contributed by atoms with Crippen molar-refractivity contribution in [1.82, 2.24) is 0 Å². The van der Waals surface area contributed by atoms with Crippen LogP contribution in [0.2, 0.25) is 0 Å². The van der Waals surface area contributed by atoms with E-state index in [-0.39, 0.29) is 0 Å². The van der Waals surface area contributed by atoms with E-state index in [1.807, 2.05) is 0 Å². The van der Waals surface area contributed by atoms with Crippen LogP contribution < -0.4 is 0 Å². The molecule has 0 unspecified atom stereocenters. The fourth-order valence-corrected chi connectivity index (χ4v) is 0.384. The molecular formula is C5H2F7. The molecule has 0 spiro atoms. The highest BCUT2D eigenvalue weighted by molar-refractivity contribution is 5.06. The van der Waals surface area contributed by atoms with Gasteiger partial charge in [0.25, 0.3) is 0 Å². The molecular weight excluding hydrogens is 193 g/mol. The van der Waals surface area contributed by atoms with Crippen molar-refractivity contribution in [2.45, 2.75) is 12.3 Å². The molecule has 0 aromatic heterocycles. The number of hydrogen-bond acceptors (Lipinski definition) is 0. The predicted octanol–water partition coefficient (Wildman–Crippen LogP) is 3.52. The Labute approximate surface area is 62.7 Å². The first-order valence-electron chi connectivity index (χ1n) is 2.53. The molecule has 0 atom stereocenters. The summed E-state index contributed by atoms with van der Waals surface area (Å²) in [4.78, 5) is 0. The van der Waals surface area contributed by atoms with Crippen LogP contribution in [0.3, 0.4) is 0 Å². The van der Waals surface area contributed by atoms with E-state index < -0.39 is 30.7 Å². The third-order valence-electron chi connectivity index (χ3n) is 0.843. The summed E-state index contributed by atoms with van der Waals surface area (Å²) in [6, 6.07) is 0. The highest BCUT2D eigenvalue weighted by Gasteiger charge is 2.42. The lowest BCUT2D eigenvalue weighted by Crippen LogP contribution is -2.18. The number of allylic oxidation sites excluding steroid dienone is 1. The summed E-state index contributed by atoms with van der Waals surface area (Å²) in [6.45, 7) is 0. The number of rotatable bonds is 3. The normalized spacial score (nSPS) is 12.0. The molecule has 0 fully saturated rings. The van der Waals surface area contributed by atoms with Crippen LogP contribution in [0.4, 0.5) is 30.7 Å². The summed E-state index contributed by atoms with van der Waals surface area (Å²) in [5.41, 5.74) is 0. The maximum atomic E-state index is 11.9. The van der Waals surface area contributed by atoms with Gasteiger partial charge in [0.2, 0.25) is 5.83 Å². The molecule has 0 aromatic carbocycles. The van der Waals surface area contributed by atoms with E-state index in [0.29, 0.717) is 0 Å². The van der Waals surface area contributed by atoms with Gasteiger partial charge in [0.05, 0.1) is 6.42 Å². The van der Waals surface area contributed by atoms with Gasteiger partial charge >= 0.3 is 18.4 Å². The van der Waals surface area contributed by atoms with E-state index in [0.717, 1.165) is 0 Å². The lowest BCUT2D eigenvalue weighted by molar-refractivity contribution is -0.0142. The van der Waals surface area contributed by atoms with Crippen molar-refractivity contribution in [1.29, 1.82) is 0 Å². The number of alkyl halides is 2. The van der Waals surface area contributed by atoms with Gasteiger partial charge in [0.1, 0.15) is 0 Å². The van der Waals surface area contributed by atoms with Gasteiger partial charge < -0.3 is 0 Å². The molecule has 0 aliphatic heterocycles. The SMILES string of the molecule is F[C](F)CC(F)(F)C(F)=C(F)F. The molecule has 0 aliphatic carbocycles. The molecule has 0 aliphatic rings. The molecule has 0 rings (SSSR count). The van der Waals surface area contributed by atoms with Crippen LogP contribution in [0.1, 0.15) is 6.42 Å². The monoisotopic (exact) mass is 195 g/mol. The second-order valence-electron chi connectivity index (χ2n) is 1.79. The number of halogens is 7. The van der Waals surface area contributed by atoms with Crippen LogP contribution in [-0.2, 0) is 0 Å². The van der Waals surface area contributed by atoms with Gasteiger partial charge in [-0.3, -0.25) is 0 Å². The van der Waals surface area contributed by atoms with E-state index in [4.69, 9.17) is 0 Å². The average molecular weight is 195 g/mol. The summed E-state index contributed by atoms with van der Waals surface area (Å²) in [7, 11) is 0. The van der Waals surface area contributed by atoms with Crippen molar-refractivity contribution in [3.63, 3.8) is 0 Å². The van der Waals surface area contributed by atoms with Crippen LogP contribution in [0.5, 0.6) is 0 Å². The fourth-order valence-electron chi connectivity index (χ4n) is 0.384. The van der Waals surface area contributed by atoms with Crippen molar-refractivity contribution in [3.05, 3.63) is 18.3 Å². The molecule has 71 valence electrons. The first-order chi connectivity index (χ1) is 5.27. The molecule has 0 saturated heterocycles. The zero-order valence-electron chi connectivity index (χ0n) is 5.35. The average Bonchev–Trinajstić information content (AvgIpc) is 1.82. The van der Waals surface area contributed by atoms with Crippen molar-refractivity contribution in [2.24, 2.45) is 0 Å². The van der Waals surface area contributed by atoms with Crippen molar-refractivity contribution in [3.8, 4) is 0 Å². The highest BCUT2D eigenvalue weighted by atomic mass is 19.3. The van der Waals surface area contributed by atoms with Gasteiger partial charge in [-0.05, 0) is 0 Å². The minimum atomic E-state index is -4.82. The largest absolute Gasteiger partial charge is 0.316 e. The molecule has 12 heavy (non-hydrogen) atoms. The minimum absolute atomic E-state index is 2.32. The van der Waals surface area contributed by atoms with Crippen LogP contribution in [0, 0.1) is 6.43 Å². The Hall–Kier alpha value is -0.750. The van der Waals surface area contributed by atoms with Crippen molar-refractivity contribution >= 4 is 0 Å². The Morgan fingerprint density at radius 3 is 1.58 bits per heavy atom. The molecule has 0 saturated carbocycles. The number of hydrogen-bond donors (Lipinski definition) is 0. The Morgan fingerprint density at radius 2 is 1.33 bits per heavy atom. The molecule has 0 bridgehead atoms. The minimum Gasteiger partial charge on any atom is -0.200 e. The van der Waals surface area contributed by atoms with Gasteiger partial charge in [-0.25, -0.2) is 0 Å². The third-order valence-corrected chi connectivity index (χ3v) is 0.843. The maximum absolute atomic E-state index is 11.9. The summed E-state index contributed by atoms with van der Waals surface area (Å²) >= 11 is 0. The Balaban J connectivity index is 4.51. The van der Waals surface area contributed by atoms with E-state index in [9.17, 15) is 30.7 Å². The van der Waals surface area contributed by atoms with Crippen LogP contribution >= 0.6 is 0 Å². The highest BCUT2D eigenvalue weighted by Crippen LogP contribution is 2.36. The van der Waals surface area contributed by atoms with Gasteiger partial charge in [-0.15, -0.1) is 0 Å². The first-order valence-corrected chi connectivity index (χ1v) is 2.53. The lowest BCUT2D eigenvalue weighted by Gasteiger charge is -2.11. The second-order valence-corrected chi connectivity index (χ2v) is 1.79. The third kappa shape index (κ3) is 3.10. The summed E-state index contributed by atoms with van der Waals surface area (Å²) in [5, 5.41) is 0. The molecule has 1 radical (unpaired) electrons. The molecule has 7 heteroatoms. The van der Waals surface area contributed by atoms with Crippen molar-refractivity contribution in [2.75, 3.05) is 0 Å². The maximum Gasteiger partial charge on any atom is 0.316 e. The quantitative estimate of drug-likeness (QED) is 0.604. The Morgan fingerprint density at radius 1 is 0.917 bits per heavy atom. The zero-order valence-corrected chi connectivity index (χ0v) is 5.35. The molecule has 0 heterocycles. The van der Waals surface area contributed by atoms with E-state index in [1.54, 1.807) is 0 Å². The fraction of sp³-hybridized carbons (Fsp3) is 0.400. The Bertz CT molecular complexity index is 178. The molecule has 0 nitrogen and oxygen atoms in total. The predicted molar refractivity (Wildman–Crippen MR) is 25.4 cm³/mol. The van der Waals surface area contributed by atoms with Gasteiger partial charge in [0.15, 0.2) is 0 Å². The smallest absolute Gasteiger partial charge is 0.200 e. The van der Waals surface area contributed by atoms with E-state index in [1.165, 1.54) is 0 Å². The van der Waals surface area contributed by atoms with Crippen LogP contribution in [0.15, 0.2) is 11.9 Å². The summed E-state index contributed by atoms with van der Waals surface area (Å²) in [5.74, 6) is -7.94. The van der Waals surface area contributed by atoms with E-state index in [2.05, 4.69) is 0 Å². The molecule has 0 amide bonds. The van der Waals surface area contributed by atoms with Gasteiger partial charge in [-0.2, -0.15) is 30.7 Å². The molecule has 0 N–H and O–H groups in total. The second kappa shape index (κ2) is 3.77. The summed E-state index contributed by atoms with van der Waals surface area (Å²) < 4.78 is 80.1. The van der Waals surface area contributed by atoms with Crippen molar-refractivity contribution < 1.29 is 30.7 Å². The summed E-state index contributed by atoms with van der Waals surface area (Å²) in [6.07, 6.45) is -8.42. The van der Waals surface area contributed by atoms with Crippen LogP contribution in [-0.4, -0.2) is 5.92 Å². The van der Waals surface area contributed by atoms with E-state index >= 15 is 0 Å². The topological polar surface area (TPSA) is 0 Å². The first kappa shape index (κ1) is 11.2.